The van der Waals surface area contributed by atoms with Crippen LogP contribution in [0.3, 0.4) is 0 Å². The van der Waals surface area contributed by atoms with E-state index in [-0.39, 0.29) is 11.1 Å². The van der Waals surface area contributed by atoms with Gasteiger partial charge in [-0.05, 0) is 18.2 Å². The number of amides is 1. The summed E-state index contributed by atoms with van der Waals surface area (Å²) in [5.74, 6) is -2.38. The van der Waals surface area contributed by atoms with Crippen LogP contribution in [0.5, 0.6) is 0 Å². The first kappa shape index (κ1) is 10.2. The maximum absolute atomic E-state index is 11.3. The third-order valence-electron chi connectivity index (χ3n) is 2.28. The Hall–Kier alpha value is -2.37. The van der Waals surface area contributed by atoms with Crippen LogP contribution in [-0.2, 0) is 11.8 Å². The zero-order chi connectivity index (χ0) is 11.9. The lowest BCUT2D eigenvalue weighted by Crippen LogP contribution is -2.22. The van der Waals surface area contributed by atoms with Gasteiger partial charge in [0, 0.05) is 12.6 Å². The van der Waals surface area contributed by atoms with Crippen LogP contribution in [0.2, 0.25) is 0 Å². The monoisotopic (exact) mass is 220 g/mol. The molecular weight excluding hydrogens is 212 g/mol. The molecule has 2 N–H and O–H groups in total. The van der Waals surface area contributed by atoms with E-state index in [0.717, 1.165) is 0 Å². The molecule has 0 fully saturated rings. The Morgan fingerprint density at radius 1 is 1.38 bits per heavy atom. The summed E-state index contributed by atoms with van der Waals surface area (Å²) in [5, 5.41) is 0. The molecule has 0 saturated heterocycles. The average molecular weight is 220 g/mol. The third kappa shape index (κ3) is 1.40. The standard InChI is InChI=1S/C10H8N2O4/c1-12-6-3-2-5(8(13)9(11)14)4-7(6)16-10(12)15/h2-4H,1H3,(H2,11,14). The van der Waals surface area contributed by atoms with Gasteiger partial charge in [-0.15, -0.1) is 0 Å². The van der Waals surface area contributed by atoms with Gasteiger partial charge in [0.1, 0.15) is 0 Å². The van der Waals surface area contributed by atoms with Crippen LogP contribution in [-0.4, -0.2) is 16.3 Å². The van der Waals surface area contributed by atoms with Crippen molar-refractivity contribution in [2.24, 2.45) is 12.8 Å². The molecule has 0 aliphatic carbocycles. The van der Waals surface area contributed by atoms with Gasteiger partial charge < -0.3 is 10.2 Å². The number of hydrogen-bond donors (Lipinski definition) is 1. The fourth-order valence-corrected chi connectivity index (χ4v) is 1.42. The van der Waals surface area contributed by atoms with Crippen LogP contribution < -0.4 is 11.5 Å². The lowest BCUT2D eigenvalue weighted by molar-refractivity contribution is -0.114. The summed E-state index contributed by atoms with van der Waals surface area (Å²) >= 11 is 0. The van der Waals surface area contributed by atoms with Crippen molar-refractivity contribution in [2.75, 3.05) is 0 Å². The van der Waals surface area contributed by atoms with Gasteiger partial charge in [0.25, 0.3) is 5.91 Å². The van der Waals surface area contributed by atoms with E-state index in [4.69, 9.17) is 10.2 Å². The molecule has 0 bridgehead atoms. The van der Waals surface area contributed by atoms with Gasteiger partial charge in [-0.1, -0.05) is 0 Å². The SMILES string of the molecule is Cn1c(=O)oc2cc(C(=O)C(N)=O)ccc21. The first-order chi connectivity index (χ1) is 7.50. The molecule has 0 saturated carbocycles. The number of aryl methyl sites for hydroxylation is 1. The van der Waals surface area contributed by atoms with Crippen molar-refractivity contribution in [1.82, 2.24) is 4.57 Å². The van der Waals surface area contributed by atoms with Crippen molar-refractivity contribution in [1.29, 1.82) is 0 Å². The van der Waals surface area contributed by atoms with E-state index in [1.165, 1.54) is 22.8 Å². The summed E-state index contributed by atoms with van der Waals surface area (Å²) in [6, 6.07) is 4.27. The minimum absolute atomic E-state index is 0.106. The number of nitrogens with two attached hydrogens (primary N) is 1. The minimum Gasteiger partial charge on any atom is -0.408 e. The second-order valence-electron chi connectivity index (χ2n) is 3.30. The lowest BCUT2D eigenvalue weighted by Gasteiger charge is -1.96. The molecule has 0 aliphatic rings. The smallest absolute Gasteiger partial charge is 0.408 e. The number of carbonyl (C=O) groups excluding carboxylic acids is 2. The average Bonchev–Trinajstić information content (AvgIpc) is 2.53. The number of benzene rings is 1. The molecule has 1 aromatic heterocycles. The van der Waals surface area contributed by atoms with E-state index in [2.05, 4.69) is 0 Å². The normalized spacial score (nSPS) is 10.6. The molecule has 1 amide bonds. The van der Waals surface area contributed by atoms with E-state index < -0.39 is 17.4 Å². The third-order valence-corrected chi connectivity index (χ3v) is 2.28. The molecule has 6 heteroatoms. The summed E-state index contributed by atoms with van der Waals surface area (Å²) in [5.41, 5.74) is 5.76. The second kappa shape index (κ2) is 3.34. The number of nitrogens with zero attached hydrogens (tertiary/aromatic N) is 1. The number of carbonyl (C=O) groups is 2. The van der Waals surface area contributed by atoms with E-state index in [1.54, 1.807) is 7.05 Å². The Kier molecular flexibility index (Phi) is 2.12. The summed E-state index contributed by atoms with van der Waals surface area (Å²) in [6.45, 7) is 0. The van der Waals surface area contributed by atoms with Gasteiger partial charge in [0.15, 0.2) is 5.58 Å². The van der Waals surface area contributed by atoms with E-state index in [9.17, 15) is 14.4 Å². The van der Waals surface area contributed by atoms with Crippen LogP contribution in [0.15, 0.2) is 27.4 Å². The van der Waals surface area contributed by atoms with Crippen LogP contribution in [0.25, 0.3) is 11.1 Å². The molecule has 16 heavy (non-hydrogen) atoms. The number of hydrogen-bond acceptors (Lipinski definition) is 4. The van der Waals surface area contributed by atoms with E-state index in [1.807, 2.05) is 0 Å². The molecular formula is C10H8N2O4. The van der Waals surface area contributed by atoms with Crippen molar-refractivity contribution in [3.05, 3.63) is 34.3 Å². The number of Topliss-reactive ketones (excluding diaryl/α,β-unsaturated/α-hetero) is 1. The lowest BCUT2D eigenvalue weighted by atomic mass is 10.1. The molecule has 0 radical (unpaired) electrons. The number of rotatable bonds is 2. The Bertz CT molecular complexity index is 650. The van der Waals surface area contributed by atoms with Gasteiger partial charge in [0.05, 0.1) is 5.52 Å². The Morgan fingerprint density at radius 2 is 2.06 bits per heavy atom. The number of fused-ring (bicyclic) bond motifs is 1. The Balaban J connectivity index is 2.66. The molecule has 1 aromatic carbocycles. The van der Waals surface area contributed by atoms with Crippen LogP contribution in [0.4, 0.5) is 0 Å². The number of ketones is 1. The topological polar surface area (TPSA) is 95.3 Å². The van der Waals surface area contributed by atoms with Gasteiger partial charge in [0.2, 0.25) is 5.78 Å². The van der Waals surface area contributed by atoms with Crippen molar-refractivity contribution in [3.63, 3.8) is 0 Å². The van der Waals surface area contributed by atoms with Crippen LogP contribution in [0, 0.1) is 0 Å². The van der Waals surface area contributed by atoms with Crippen LogP contribution >= 0.6 is 0 Å². The second-order valence-corrected chi connectivity index (χ2v) is 3.30. The fraction of sp³-hybridized carbons (Fsp3) is 0.100. The quantitative estimate of drug-likeness (QED) is 0.560. The van der Waals surface area contributed by atoms with Gasteiger partial charge in [-0.2, -0.15) is 0 Å². The van der Waals surface area contributed by atoms with E-state index in [0.29, 0.717) is 5.52 Å². The molecule has 82 valence electrons. The van der Waals surface area contributed by atoms with Crippen molar-refractivity contribution in [3.8, 4) is 0 Å². The molecule has 0 aliphatic heterocycles. The molecule has 1 heterocycles. The Labute approximate surface area is 89.3 Å². The van der Waals surface area contributed by atoms with Gasteiger partial charge in [-0.25, -0.2) is 4.79 Å². The molecule has 0 unspecified atom stereocenters. The highest BCUT2D eigenvalue weighted by Crippen LogP contribution is 2.14. The number of primary amides is 1. The predicted octanol–water partition coefficient (Wildman–Crippen LogP) is -0.201. The summed E-state index contributed by atoms with van der Waals surface area (Å²) < 4.78 is 6.17. The number of aromatic nitrogens is 1. The highest BCUT2D eigenvalue weighted by atomic mass is 16.4. The zero-order valence-corrected chi connectivity index (χ0v) is 8.39. The zero-order valence-electron chi connectivity index (χ0n) is 8.39. The highest BCUT2D eigenvalue weighted by molar-refractivity contribution is 6.42. The van der Waals surface area contributed by atoms with Crippen LogP contribution in [0.1, 0.15) is 10.4 Å². The highest BCUT2D eigenvalue weighted by Gasteiger charge is 2.14. The Morgan fingerprint density at radius 3 is 2.69 bits per heavy atom. The fourth-order valence-electron chi connectivity index (χ4n) is 1.42. The van der Waals surface area contributed by atoms with Crippen molar-refractivity contribution >= 4 is 22.8 Å². The molecule has 0 spiro atoms. The van der Waals surface area contributed by atoms with Crippen molar-refractivity contribution in [2.45, 2.75) is 0 Å². The molecule has 2 rings (SSSR count). The number of oxazole rings is 1. The minimum atomic E-state index is -1.04. The van der Waals surface area contributed by atoms with Gasteiger partial charge in [-0.3, -0.25) is 14.2 Å². The molecule has 2 aromatic rings. The maximum Gasteiger partial charge on any atom is 0.419 e. The summed E-state index contributed by atoms with van der Waals surface area (Å²) in [6.07, 6.45) is 0. The van der Waals surface area contributed by atoms with E-state index >= 15 is 0 Å². The predicted molar refractivity (Wildman–Crippen MR) is 55.0 cm³/mol. The summed E-state index contributed by atoms with van der Waals surface area (Å²) in [7, 11) is 1.55. The van der Waals surface area contributed by atoms with Gasteiger partial charge >= 0.3 is 5.76 Å². The molecule has 0 atom stereocenters. The molecule has 6 nitrogen and oxygen atoms in total. The first-order valence-electron chi connectivity index (χ1n) is 4.44. The first-order valence-corrected chi connectivity index (χ1v) is 4.44. The van der Waals surface area contributed by atoms with Crippen molar-refractivity contribution < 1.29 is 14.0 Å². The summed E-state index contributed by atoms with van der Waals surface area (Å²) in [4.78, 5) is 33.1. The largest absolute Gasteiger partial charge is 0.419 e. The maximum atomic E-state index is 11.3.